The first-order chi connectivity index (χ1) is 9.08. The summed E-state index contributed by atoms with van der Waals surface area (Å²) in [5.41, 5.74) is -0.153. The van der Waals surface area contributed by atoms with Gasteiger partial charge in [0.2, 0.25) is 0 Å². The third-order valence-electron chi connectivity index (χ3n) is 4.41. The minimum atomic E-state index is -4.14. The molecule has 1 saturated carbocycles. The second-order valence-corrected chi connectivity index (χ2v) is 7.07. The van der Waals surface area contributed by atoms with Gasteiger partial charge in [0, 0.05) is 6.54 Å². The van der Waals surface area contributed by atoms with Crippen molar-refractivity contribution in [3.05, 3.63) is 0 Å². The predicted octanol–water partition coefficient (Wildman–Crippen LogP) is 4.15. The SMILES string of the molecule is CNCC1(OCCC(F)(F)F)CCC(C(C)(C)C)CC1. The van der Waals surface area contributed by atoms with Crippen LogP contribution in [0, 0.1) is 11.3 Å². The Hall–Kier alpha value is -0.290. The van der Waals surface area contributed by atoms with Gasteiger partial charge in [0.05, 0.1) is 18.6 Å². The van der Waals surface area contributed by atoms with E-state index in [1.807, 2.05) is 7.05 Å². The summed E-state index contributed by atoms with van der Waals surface area (Å²) >= 11 is 0. The smallest absolute Gasteiger partial charge is 0.373 e. The van der Waals surface area contributed by atoms with E-state index in [1.165, 1.54) is 0 Å². The normalized spacial score (nSPS) is 28.6. The third-order valence-corrected chi connectivity index (χ3v) is 4.41. The fourth-order valence-electron chi connectivity index (χ4n) is 3.09. The zero-order valence-electron chi connectivity index (χ0n) is 13.1. The van der Waals surface area contributed by atoms with Crippen molar-refractivity contribution in [2.24, 2.45) is 11.3 Å². The molecule has 1 rings (SSSR count). The summed E-state index contributed by atoms with van der Waals surface area (Å²) in [4.78, 5) is 0. The highest BCUT2D eigenvalue weighted by Crippen LogP contribution is 2.42. The molecule has 1 N–H and O–H groups in total. The standard InChI is InChI=1S/C15H28F3NO/c1-13(2,3)12-5-7-14(8-6-12,11-19-4)20-10-9-15(16,17)18/h12,19H,5-11H2,1-4H3. The first kappa shape index (κ1) is 17.8. The van der Waals surface area contributed by atoms with Crippen LogP contribution in [-0.2, 0) is 4.74 Å². The largest absolute Gasteiger partial charge is 0.391 e. The molecule has 20 heavy (non-hydrogen) atoms. The van der Waals surface area contributed by atoms with Gasteiger partial charge < -0.3 is 10.1 Å². The van der Waals surface area contributed by atoms with Crippen LogP contribution in [0.25, 0.3) is 0 Å². The molecule has 0 aromatic carbocycles. The summed E-state index contributed by atoms with van der Waals surface area (Å²) < 4.78 is 42.4. The molecule has 0 aliphatic heterocycles. The van der Waals surface area contributed by atoms with E-state index in [0.717, 1.165) is 25.7 Å². The predicted molar refractivity (Wildman–Crippen MR) is 74.7 cm³/mol. The van der Waals surface area contributed by atoms with E-state index in [-0.39, 0.29) is 12.0 Å². The van der Waals surface area contributed by atoms with Gasteiger partial charge in [0.1, 0.15) is 0 Å². The lowest BCUT2D eigenvalue weighted by molar-refractivity contribution is -0.164. The molecule has 0 bridgehead atoms. The Morgan fingerprint density at radius 2 is 1.70 bits per heavy atom. The van der Waals surface area contributed by atoms with E-state index in [4.69, 9.17) is 4.74 Å². The van der Waals surface area contributed by atoms with Crippen LogP contribution >= 0.6 is 0 Å². The van der Waals surface area contributed by atoms with Gasteiger partial charge in [0.25, 0.3) is 0 Å². The molecule has 0 aromatic rings. The van der Waals surface area contributed by atoms with Gasteiger partial charge in [-0.25, -0.2) is 0 Å². The first-order valence-corrected chi connectivity index (χ1v) is 7.43. The van der Waals surface area contributed by atoms with Crippen molar-refractivity contribution in [3.63, 3.8) is 0 Å². The molecule has 2 nitrogen and oxygen atoms in total. The minimum Gasteiger partial charge on any atom is -0.373 e. The van der Waals surface area contributed by atoms with Crippen LogP contribution in [0.3, 0.4) is 0 Å². The number of alkyl halides is 3. The first-order valence-electron chi connectivity index (χ1n) is 7.43. The molecule has 0 atom stereocenters. The Morgan fingerprint density at radius 1 is 1.15 bits per heavy atom. The van der Waals surface area contributed by atoms with Gasteiger partial charge in [-0.05, 0) is 44.1 Å². The molecule has 0 unspecified atom stereocenters. The number of halogens is 3. The maximum absolute atomic E-state index is 12.2. The van der Waals surface area contributed by atoms with E-state index >= 15 is 0 Å². The molecule has 1 fully saturated rings. The van der Waals surface area contributed by atoms with E-state index in [0.29, 0.717) is 12.5 Å². The number of ether oxygens (including phenoxy) is 1. The summed E-state index contributed by atoms with van der Waals surface area (Å²) in [6.07, 6.45) is -1.26. The highest BCUT2D eigenvalue weighted by Gasteiger charge is 2.39. The molecular weight excluding hydrogens is 267 g/mol. The number of hydrogen-bond acceptors (Lipinski definition) is 2. The lowest BCUT2D eigenvalue weighted by atomic mass is 9.68. The quantitative estimate of drug-likeness (QED) is 0.822. The van der Waals surface area contributed by atoms with Crippen molar-refractivity contribution in [2.45, 2.75) is 64.7 Å². The molecule has 0 radical (unpaired) electrons. The Kier molecular flexibility index (Phi) is 5.90. The van der Waals surface area contributed by atoms with Gasteiger partial charge in [-0.3, -0.25) is 0 Å². The average Bonchev–Trinajstić information content (AvgIpc) is 2.27. The van der Waals surface area contributed by atoms with Crippen molar-refractivity contribution in [1.29, 1.82) is 0 Å². The van der Waals surface area contributed by atoms with Gasteiger partial charge >= 0.3 is 6.18 Å². The van der Waals surface area contributed by atoms with Crippen molar-refractivity contribution < 1.29 is 17.9 Å². The number of hydrogen-bond donors (Lipinski definition) is 1. The van der Waals surface area contributed by atoms with Crippen LogP contribution in [0.1, 0.15) is 52.9 Å². The van der Waals surface area contributed by atoms with E-state index in [2.05, 4.69) is 26.1 Å². The van der Waals surface area contributed by atoms with Gasteiger partial charge in [-0.1, -0.05) is 20.8 Å². The fourth-order valence-corrected chi connectivity index (χ4v) is 3.09. The maximum atomic E-state index is 12.2. The maximum Gasteiger partial charge on any atom is 0.391 e. The average molecular weight is 295 g/mol. The Morgan fingerprint density at radius 3 is 2.10 bits per heavy atom. The second kappa shape index (κ2) is 6.65. The summed E-state index contributed by atoms with van der Waals surface area (Å²) in [6.45, 7) is 7.08. The van der Waals surface area contributed by atoms with Crippen LogP contribution in [0.2, 0.25) is 0 Å². The Balaban J connectivity index is 2.53. The summed E-state index contributed by atoms with van der Waals surface area (Å²) in [7, 11) is 1.82. The van der Waals surface area contributed by atoms with Gasteiger partial charge in [-0.15, -0.1) is 0 Å². The topological polar surface area (TPSA) is 21.3 Å². The molecular formula is C15H28F3NO. The van der Waals surface area contributed by atoms with E-state index in [1.54, 1.807) is 0 Å². The lowest BCUT2D eigenvalue weighted by Gasteiger charge is -2.44. The van der Waals surface area contributed by atoms with Crippen molar-refractivity contribution >= 4 is 0 Å². The van der Waals surface area contributed by atoms with Crippen molar-refractivity contribution in [3.8, 4) is 0 Å². The minimum absolute atomic E-state index is 0.231. The molecule has 1 aliphatic rings. The molecule has 0 amide bonds. The number of nitrogens with one attached hydrogen (secondary N) is 1. The molecule has 0 spiro atoms. The molecule has 0 saturated heterocycles. The summed E-state index contributed by atoms with van der Waals surface area (Å²) in [6, 6.07) is 0. The zero-order valence-corrected chi connectivity index (χ0v) is 13.1. The molecule has 5 heteroatoms. The second-order valence-electron chi connectivity index (χ2n) is 7.07. The monoisotopic (exact) mass is 295 g/mol. The zero-order chi connectivity index (χ0) is 15.4. The summed E-state index contributed by atoms with van der Waals surface area (Å²) in [5, 5.41) is 3.07. The number of rotatable bonds is 5. The van der Waals surface area contributed by atoms with Crippen LogP contribution < -0.4 is 5.32 Å². The van der Waals surface area contributed by atoms with Crippen LogP contribution in [-0.4, -0.2) is 32.0 Å². The van der Waals surface area contributed by atoms with Crippen LogP contribution in [0.4, 0.5) is 13.2 Å². The molecule has 0 heterocycles. The Bertz CT molecular complexity index is 283. The van der Waals surface area contributed by atoms with E-state index in [9.17, 15) is 13.2 Å². The third kappa shape index (κ3) is 5.60. The van der Waals surface area contributed by atoms with Crippen LogP contribution in [0.15, 0.2) is 0 Å². The summed E-state index contributed by atoms with van der Waals surface area (Å²) in [5.74, 6) is 0.624. The Labute approximate surface area is 120 Å². The van der Waals surface area contributed by atoms with Gasteiger partial charge in [0.15, 0.2) is 0 Å². The highest BCUT2D eigenvalue weighted by atomic mass is 19.4. The molecule has 120 valence electrons. The van der Waals surface area contributed by atoms with Gasteiger partial charge in [-0.2, -0.15) is 13.2 Å². The van der Waals surface area contributed by atoms with Crippen LogP contribution in [0.5, 0.6) is 0 Å². The number of likely N-dealkylation sites (N-methyl/N-ethyl adjacent to an activating group) is 1. The van der Waals surface area contributed by atoms with Crippen molar-refractivity contribution in [1.82, 2.24) is 5.32 Å². The molecule has 1 aliphatic carbocycles. The fraction of sp³-hybridized carbons (Fsp3) is 1.00. The molecule has 0 aromatic heterocycles. The highest BCUT2D eigenvalue weighted by molar-refractivity contribution is 4.92. The lowest BCUT2D eigenvalue weighted by Crippen LogP contribution is -2.47. The van der Waals surface area contributed by atoms with Crippen molar-refractivity contribution in [2.75, 3.05) is 20.2 Å². The van der Waals surface area contributed by atoms with E-state index < -0.39 is 18.2 Å².